The lowest BCUT2D eigenvalue weighted by molar-refractivity contribution is -0.0883. The molecule has 3 atom stereocenters. The number of ether oxygens (including phenoxy) is 3. The molecule has 1 aliphatic heterocycles. The van der Waals surface area contributed by atoms with Crippen LogP contribution in [0.5, 0.6) is 0 Å². The summed E-state index contributed by atoms with van der Waals surface area (Å²) in [6.45, 7) is -0.166. The highest BCUT2D eigenvalue weighted by atomic mass is 32.2. The summed E-state index contributed by atoms with van der Waals surface area (Å²) in [4.78, 5) is 0. The Morgan fingerprint density at radius 1 is 1.25 bits per heavy atom. The Hall–Kier alpha value is -0.350. The fourth-order valence-electron chi connectivity index (χ4n) is 2.10. The number of hydrogen-bond acceptors (Lipinski definition) is 5. The average molecular weight is 316 g/mol. The Kier molecular flexibility index (Phi) is 4.96. The van der Waals surface area contributed by atoms with E-state index in [4.69, 9.17) is 18.8 Å². The maximum atomic E-state index is 13.0. The summed E-state index contributed by atoms with van der Waals surface area (Å²) in [7, 11) is -5.44. The molecule has 1 N–H and O–H groups in total. The minimum atomic E-state index is -5.44. The van der Waals surface area contributed by atoms with Crippen LogP contribution < -0.4 is 0 Å². The molecule has 0 amide bonds. The molecule has 2 rings (SSSR count). The maximum Gasteiger partial charge on any atom is 0.392 e. The number of epoxide rings is 1. The van der Waals surface area contributed by atoms with Crippen LogP contribution in [-0.2, 0) is 24.3 Å². The van der Waals surface area contributed by atoms with Crippen molar-refractivity contribution in [2.24, 2.45) is 0 Å². The second-order valence-corrected chi connectivity index (χ2v) is 6.67. The molecule has 0 radical (unpaired) electrons. The first-order valence-electron chi connectivity index (χ1n) is 6.47. The van der Waals surface area contributed by atoms with E-state index < -0.39 is 28.1 Å². The summed E-state index contributed by atoms with van der Waals surface area (Å²) in [5, 5.41) is -4.28. The molecule has 1 aliphatic carbocycles. The van der Waals surface area contributed by atoms with Gasteiger partial charge in [0.15, 0.2) is 0 Å². The van der Waals surface area contributed by atoms with Crippen molar-refractivity contribution in [1.82, 2.24) is 0 Å². The van der Waals surface area contributed by atoms with Crippen LogP contribution in [0, 0.1) is 0 Å². The number of hydrogen-bond donors (Lipinski definition) is 1. The van der Waals surface area contributed by atoms with Crippen LogP contribution in [0.2, 0.25) is 0 Å². The number of halogens is 2. The first-order valence-corrected chi connectivity index (χ1v) is 7.91. The minimum absolute atomic E-state index is 0.0858. The van der Waals surface area contributed by atoms with Crippen molar-refractivity contribution >= 4 is 10.1 Å². The van der Waals surface area contributed by atoms with Crippen molar-refractivity contribution in [2.45, 2.75) is 49.2 Å². The second-order valence-electron chi connectivity index (χ2n) is 5.12. The van der Waals surface area contributed by atoms with Gasteiger partial charge in [0.2, 0.25) is 0 Å². The predicted molar refractivity (Wildman–Crippen MR) is 64.2 cm³/mol. The third kappa shape index (κ3) is 4.59. The molecular formula is C11H18F2O6S. The molecule has 0 aromatic carbocycles. The van der Waals surface area contributed by atoms with Crippen LogP contribution in [0.25, 0.3) is 0 Å². The lowest BCUT2D eigenvalue weighted by atomic mass is 9.95. The molecule has 1 saturated heterocycles. The molecule has 1 saturated carbocycles. The van der Waals surface area contributed by atoms with Crippen LogP contribution >= 0.6 is 0 Å². The number of alkyl halides is 2. The standard InChI is InChI=1S/C11H18F2O6S/c12-11(13,20(14,15)16)7-19-9-3-1-2-8(4-9)17-5-10-6-18-10/h8-10H,1-7H2,(H,14,15,16). The zero-order chi connectivity index (χ0) is 14.8. The van der Waals surface area contributed by atoms with E-state index in [0.717, 1.165) is 12.8 Å². The number of rotatable bonds is 7. The molecule has 0 bridgehead atoms. The summed E-state index contributed by atoms with van der Waals surface area (Å²) >= 11 is 0. The first kappa shape index (κ1) is 16.0. The van der Waals surface area contributed by atoms with Gasteiger partial charge in [-0.3, -0.25) is 4.55 Å². The Morgan fingerprint density at radius 3 is 2.40 bits per heavy atom. The van der Waals surface area contributed by atoms with Crippen molar-refractivity contribution in [3.05, 3.63) is 0 Å². The summed E-state index contributed by atoms with van der Waals surface area (Å²) in [5.74, 6) is 0. The molecule has 6 nitrogen and oxygen atoms in total. The van der Waals surface area contributed by atoms with Crippen molar-refractivity contribution < 1.29 is 36.0 Å². The smallest absolute Gasteiger partial charge is 0.375 e. The van der Waals surface area contributed by atoms with Crippen molar-refractivity contribution in [2.75, 3.05) is 19.8 Å². The van der Waals surface area contributed by atoms with E-state index in [-0.39, 0.29) is 12.2 Å². The predicted octanol–water partition coefficient (Wildman–Crippen LogP) is 1.21. The monoisotopic (exact) mass is 316 g/mol. The van der Waals surface area contributed by atoms with Crippen LogP contribution in [0.15, 0.2) is 0 Å². The lowest BCUT2D eigenvalue weighted by Gasteiger charge is -2.29. The topological polar surface area (TPSA) is 85.4 Å². The van der Waals surface area contributed by atoms with Crippen LogP contribution in [-0.4, -0.2) is 56.4 Å². The van der Waals surface area contributed by atoms with Crippen LogP contribution in [0.4, 0.5) is 8.78 Å². The molecule has 0 aromatic heterocycles. The van der Waals surface area contributed by atoms with Gasteiger partial charge >= 0.3 is 15.4 Å². The van der Waals surface area contributed by atoms with E-state index in [1.807, 2.05) is 0 Å². The summed E-state index contributed by atoms with van der Waals surface area (Å²) < 4.78 is 70.9. The average Bonchev–Trinajstić information content (AvgIpc) is 3.17. The quantitative estimate of drug-likeness (QED) is 0.561. The lowest BCUT2D eigenvalue weighted by Crippen LogP contribution is -2.37. The van der Waals surface area contributed by atoms with Crippen molar-refractivity contribution in [1.29, 1.82) is 0 Å². The van der Waals surface area contributed by atoms with Gasteiger partial charge in [0, 0.05) is 0 Å². The van der Waals surface area contributed by atoms with E-state index in [2.05, 4.69) is 0 Å². The summed E-state index contributed by atoms with van der Waals surface area (Å²) in [6.07, 6.45) is 2.16. The van der Waals surface area contributed by atoms with Crippen molar-refractivity contribution in [3.63, 3.8) is 0 Å². The molecule has 0 spiro atoms. The minimum Gasteiger partial charge on any atom is -0.375 e. The van der Waals surface area contributed by atoms with Crippen LogP contribution in [0.3, 0.4) is 0 Å². The SMILES string of the molecule is O=S(=O)(O)C(F)(F)COC1CCCC(OCC2CO2)C1. The van der Waals surface area contributed by atoms with Gasteiger partial charge in [-0.1, -0.05) is 0 Å². The Morgan fingerprint density at radius 2 is 1.85 bits per heavy atom. The summed E-state index contributed by atoms with van der Waals surface area (Å²) in [6, 6.07) is 0. The van der Waals surface area contributed by atoms with E-state index >= 15 is 0 Å². The molecule has 0 aromatic rings. The largest absolute Gasteiger partial charge is 0.392 e. The zero-order valence-corrected chi connectivity index (χ0v) is 11.7. The Bertz CT molecular complexity index is 423. The van der Waals surface area contributed by atoms with Gasteiger partial charge in [-0.05, 0) is 25.7 Å². The van der Waals surface area contributed by atoms with E-state index in [1.165, 1.54) is 0 Å². The molecule has 1 heterocycles. The third-order valence-corrected chi connectivity index (χ3v) is 4.24. The second kappa shape index (κ2) is 6.18. The maximum absolute atomic E-state index is 13.0. The Labute approximate surface area is 116 Å². The normalized spacial score (nSPS) is 31.2. The van der Waals surface area contributed by atoms with Gasteiger partial charge in [-0.25, -0.2) is 0 Å². The molecule has 20 heavy (non-hydrogen) atoms. The molecule has 9 heteroatoms. The van der Waals surface area contributed by atoms with Gasteiger partial charge in [-0.15, -0.1) is 0 Å². The Balaban J connectivity index is 1.74. The van der Waals surface area contributed by atoms with E-state index in [0.29, 0.717) is 26.1 Å². The van der Waals surface area contributed by atoms with Gasteiger partial charge in [-0.2, -0.15) is 17.2 Å². The van der Waals surface area contributed by atoms with E-state index in [9.17, 15) is 17.2 Å². The van der Waals surface area contributed by atoms with Gasteiger partial charge in [0.1, 0.15) is 12.7 Å². The molecule has 2 aliphatic rings. The first-order chi connectivity index (χ1) is 9.28. The fourth-order valence-corrected chi connectivity index (χ4v) is 2.32. The van der Waals surface area contributed by atoms with Crippen molar-refractivity contribution in [3.8, 4) is 0 Å². The third-order valence-electron chi connectivity index (χ3n) is 3.36. The highest BCUT2D eigenvalue weighted by Gasteiger charge is 2.45. The molecular weight excluding hydrogens is 298 g/mol. The summed E-state index contributed by atoms with van der Waals surface area (Å²) in [5.41, 5.74) is 0. The van der Waals surface area contributed by atoms with E-state index in [1.54, 1.807) is 0 Å². The molecule has 2 fully saturated rings. The van der Waals surface area contributed by atoms with Gasteiger partial charge < -0.3 is 14.2 Å². The molecule has 118 valence electrons. The molecule has 3 unspecified atom stereocenters. The highest BCUT2D eigenvalue weighted by molar-refractivity contribution is 7.86. The van der Waals surface area contributed by atoms with Gasteiger partial charge in [0.05, 0.1) is 25.4 Å². The van der Waals surface area contributed by atoms with Gasteiger partial charge in [0.25, 0.3) is 0 Å². The fraction of sp³-hybridized carbons (Fsp3) is 1.00. The zero-order valence-electron chi connectivity index (χ0n) is 10.8. The highest BCUT2D eigenvalue weighted by Crippen LogP contribution is 2.27. The van der Waals surface area contributed by atoms with Crippen LogP contribution in [0.1, 0.15) is 25.7 Å².